The summed E-state index contributed by atoms with van der Waals surface area (Å²) >= 11 is 0. The second-order valence-corrected chi connectivity index (χ2v) is 7.71. The number of amides is 1. The minimum Gasteiger partial charge on any atom is -0.494 e. The molecule has 1 aliphatic rings. The van der Waals surface area contributed by atoms with Gasteiger partial charge in [0.1, 0.15) is 5.75 Å². The van der Waals surface area contributed by atoms with Crippen molar-refractivity contribution < 1.29 is 17.9 Å². The first-order valence-corrected chi connectivity index (χ1v) is 9.75. The third kappa shape index (κ3) is 3.93. The first-order valence-electron chi connectivity index (χ1n) is 8.14. The number of rotatable bonds is 5. The van der Waals surface area contributed by atoms with Gasteiger partial charge in [-0.25, -0.2) is 8.42 Å². The summed E-state index contributed by atoms with van der Waals surface area (Å²) in [5.41, 5.74) is 1.73. The third-order valence-electron chi connectivity index (χ3n) is 3.94. The van der Waals surface area contributed by atoms with Crippen LogP contribution < -0.4 is 14.4 Å². The number of hydrogen-bond donors (Lipinski definition) is 1. The second-order valence-electron chi connectivity index (χ2n) is 5.70. The van der Waals surface area contributed by atoms with Crippen LogP contribution in [0.1, 0.15) is 23.7 Å². The maximum absolute atomic E-state index is 12.3. The van der Waals surface area contributed by atoms with Gasteiger partial charge >= 0.3 is 0 Å². The molecule has 132 valence electrons. The Morgan fingerprint density at radius 1 is 1.12 bits per heavy atom. The molecule has 0 aliphatic carbocycles. The molecule has 1 amide bonds. The van der Waals surface area contributed by atoms with Crippen LogP contribution >= 0.6 is 0 Å². The Bertz CT molecular complexity index is 846. The van der Waals surface area contributed by atoms with Crippen molar-refractivity contribution in [1.82, 2.24) is 0 Å². The van der Waals surface area contributed by atoms with Crippen molar-refractivity contribution in [3.05, 3.63) is 54.1 Å². The van der Waals surface area contributed by atoms with Gasteiger partial charge in [-0.05, 0) is 61.9 Å². The molecular formula is C18H20N2O4S. The highest BCUT2D eigenvalue weighted by molar-refractivity contribution is 7.93. The molecule has 2 aromatic rings. The summed E-state index contributed by atoms with van der Waals surface area (Å²) in [6.45, 7) is 2.98. The van der Waals surface area contributed by atoms with Crippen molar-refractivity contribution in [2.75, 3.05) is 28.5 Å². The topological polar surface area (TPSA) is 75.7 Å². The molecule has 6 nitrogen and oxygen atoms in total. The van der Waals surface area contributed by atoms with Crippen molar-refractivity contribution in [2.45, 2.75) is 13.3 Å². The average molecular weight is 360 g/mol. The van der Waals surface area contributed by atoms with Crippen molar-refractivity contribution in [3.63, 3.8) is 0 Å². The van der Waals surface area contributed by atoms with Crippen molar-refractivity contribution in [3.8, 4) is 5.75 Å². The van der Waals surface area contributed by atoms with Crippen LogP contribution in [0.3, 0.4) is 0 Å². The van der Waals surface area contributed by atoms with Crippen molar-refractivity contribution in [2.24, 2.45) is 0 Å². The molecule has 1 saturated heterocycles. The SMILES string of the molecule is CCOc1ccc(NC(=O)c2ccc(N3CCCS3(=O)=O)cc2)cc1. The van der Waals surface area contributed by atoms with Crippen LogP contribution in [-0.2, 0) is 10.0 Å². The molecular weight excluding hydrogens is 340 g/mol. The van der Waals surface area contributed by atoms with Crippen LogP contribution in [0.2, 0.25) is 0 Å². The fourth-order valence-electron chi connectivity index (χ4n) is 2.71. The molecule has 1 aliphatic heterocycles. The Hall–Kier alpha value is -2.54. The van der Waals surface area contributed by atoms with E-state index in [9.17, 15) is 13.2 Å². The van der Waals surface area contributed by atoms with Crippen molar-refractivity contribution >= 4 is 27.3 Å². The first-order chi connectivity index (χ1) is 12.0. The number of nitrogens with zero attached hydrogens (tertiary/aromatic N) is 1. The molecule has 0 bridgehead atoms. The molecule has 0 unspecified atom stereocenters. The lowest BCUT2D eigenvalue weighted by Gasteiger charge is -2.17. The summed E-state index contributed by atoms with van der Waals surface area (Å²) < 4.78 is 30.6. The molecule has 3 rings (SSSR count). The van der Waals surface area contributed by atoms with E-state index >= 15 is 0 Å². The molecule has 0 aromatic heterocycles. The van der Waals surface area contributed by atoms with E-state index in [1.807, 2.05) is 6.92 Å². The maximum atomic E-state index is 12.3. The highest BCUT2D eigenvalue weighted by atomic mass is 32.2. The number of anilines is 2. The monoisotopic (exact) mass is 360 g/mol. The van der Waals surface area contributed by atoms with Gasteiger partial charge in [-0.3, -0.25) is 9.10 Å². The van der Waals surface area contributed by atoms with E-state index in [1.54, 1.807) is 48.5 Å². The Kier molecular flexibility index (Phi) is 4.94. The lowest BCUT2D eigenvalue weighted by atomic mass is 10.2. The standard InChI is InChI=1S/C18H20N2O4S/c1-2-24-17-10-6-15(7-11-17)19-18(21)14-4-8-16(9-5-14)20-12-3-13-25(20,22)23/h4-11H,2-3,12-13H2,1H3,(H,19,21). The highest BCUT2D eigenvalue weighted by Gasteiger charge is 2.28. The predicted molar refractivity (Wildman–Crippen MR) is 97.8 cm³/mol. The van der Waals surface area contributed by atoms with Gasteiger partial charge in [0.05, 0.1) is 18.0 Å². The number of carbonyl (C=O) groups excluding carboxylic acids is 1. The normalized spacial score (nSPS) is 15.8. The molecule has 2 aromatic carbocycles. The summed E-state index contributed by atoms with van der Waals surface area (Å²) in [5, 5.41) is 2.81. The summed E-state index contributed by atoms with van der Waals surface area (Å²) in [4.78, 5) is 12.3. The van der Waals surface area contributed by atoms with Crippen LogP contribution in [0.4, 0.5) is 11.4 Å². The summed E-state index contributed by atoms with van der Waals surface area (Å²) in [5.74, 6) is 0.671. The molecule has 25 heavy (non-hydrogen) atoms. The molecule has 1 fully saturated rings. The Morgan fingerprint density at radius 2 is 1.80 bits per heavy atom. The smallest absolute Gasteiger partial charge is 0.255 e. The molecule has 0 radical (unpaired) electrons. The number of carbonyl (C=O) groups is 1. The molecule has 0 atom stereocenters. The molecule has 0 saturated carbocycles. The number of nitrogens with one attached hydrogen (secondary N) is 1. The number of benzene rings is 2. The van der Waals surface area contributed by atoms with Crippen LogP contribution in [0, 0.1) is 0 Å². The minimum absolute atomic E-state index is 0.174. The van der Waals surface area contributed by atoms with Gasteiger partial charge in [-0.15, -0.1) is 0 Å². The summed E-state index contributed by atoms with van der Waals surface area (Å²) in [7, 11) is -3.21. The van der Waals surface area contributed by atoms with Gasteiger partial charge < -0.3 is 10.1 Å². The van der Waals surface area contributed by atoms with Crippen LogP contribution in [0.25, 0.3) is 0 Å². The van der Waals surface area contributed by atoms with Gasteiger partial charge in [0.15, 0.2) is 0 Å². The molecule has 1 heterocycles. The van der Waals surface area contributed by atoms with E-state index in [-0.39, 0.29) is 11.7 Å². The van der Waals surface area contributed by atoms with Crippen LogP contribution in [0.5, 0.6) is 5.75 Å². The van der Waals surface area contributed by atoms with E-state index in [2.05, 4.69) is 5.32 Å². The lowest BCUT2D eigenvalue weighted by Crippen LogP contribution is -2.25. The van der Waals surface area contributed by atoms with Gasteiger partial charge in [0, 0.05) is 17.8 Å². The molecule has 7 heteroatoms. The predicted octanol–water partition coefficient (Wildman–Crippen LogP) is 2.88. The average Bonchev–Trinajstić information content (AvgIpc) is 2.96. The van der Waals surface area contributed by atoms with Crippen molar-refractivity contribution in [1.29, 1.82) is 0 Å². The van der Waals surface area contributed by atoms with Gasteiger partial charge in [-0.1, -0.05) is 0 Å². The maximum Gasteiger partial charge on any atom is 0.255 e. The van der Waals surface area contributed by atoms with E-state index in [0.29, 0.717) is 36.5 Å². The highest BCUT2D eigenvalue weighted by Crippen LogP contribution is 2.24. The van der Waals surface area contributed by atoms with E-state index in [4.69, 9.17) is 4.74 Å². The zero-order valence-corrected chi connectivity index (χ0v) is 14.8. The molecule has 0 spiro atoms. The molecule has 1 N–H and O–H groups in total. The fraction of sp³-hybridized carbons (Fsp3) is 0.278. The summed E-state index contributed by atoms with van der Waals surface area (Å²) in [6.07, 6.45) is 0.627. The van der Waals surface area contributed by atoms with E-state index in [0.717, 1.165) is 5.75 Å². The lowest BCUT2D eigenvalue weighted by molar-refractivity contribution is 0.102. The zero-order chi connectivity index (χ0) is 17.9. The van der Waals surface area contributed by atoms with Gasteiger partial charge in [0.25, 0.3) is 5.91 Å². The van der Waals surface area contributed by atoms with Gasteiger partial charge in [-0.2, -0.15) is 0 Å². The Morgan fingerprint density at radius 3 is 2.36 bits per heavy atom. The number of hydrogen-bond acceptors (Lipinski definition) is 4. The Balaban J connectivity index is 1.68. The number of ether oxygens (including phenoxy) is 1. The minimum atomic E-state index is -3.21. The summed E-state index contributed by atoms with van der Waals surface area (Å²) in [6, 6.07) is 13.7. The number of sulfonamides is 1. The van der Waals surface area contributed by atoms with Crippen LogP contribution in [-0.4, -0.2) is 33.2 Å². The quantitative estimate of drug-likeness (QED) is 0.890. The third-order valence-corrected chi connectivity index (χ3v) is 5.81. The van der Waals surface area contributed by atoms with E-state index in [1.165, 1.54) is 4.31 Å². The zero-order valence-electron chi connectivity index (χ0n) is 13.9. The van der Waals surface area contributed by atoms with Crippen LogP contribution in [0.15, 0.2) is 48.5 Å². The fourth-order valence-corrected chi connectivity index (χ4v) is 4.28. The van der Waals surface area contributed by atoms with Gasteiger partial charge in [0.2, 0.25) is 10.0 Å². The second kappa shape index (κ2) is 7.14. The first kappa shape index (κ1) is 17.3. The van der Waals surface area contributed by atoms with E-state index < -0.39 is 10.0 Å². The largest absolute Gasteiger partial charge is 0.494 e. The Labute approximate surface area is 147 Å².